The fourth-order valence-electron chi connectivity index (χ4n) is 5.85. The van der Waals surface area contributed by atoms with Crippen molar-refractivity contribution in [3.8, 4) is 5.69 Å². The van der Waals surface area contributed by atoms with Crippen molar-refractivity contribution in [1.82, 2.24) is 19.9 Å². The normalized spacial score (nSPS) is 19.7. The van der Waals surface area contributed by atoms with Crippen LogP contribution in [0, 0.1) is 5.41 Å². The van der Waals surface area contributed by atoms with Gasteiger partial charge < -0.3 is 10.1 Å². The first-order valence-corrected chi connectivity index (χ1v) is 14.1. The number of pyridine rings is 1. The number of Topliss-reactive ketones (excluding diaryl/α,β-unsaturated/α-hetero) is 1. The Morgan fingerprint density at radius 3 is 2.65 bits per heavy atom. The summed E-state index contributed by atoms with van der Waals surface area (Å²) in [6, 6.07) is 11.6. The third-order valence-electron chi connectivity index (χ3n) is 7.95. The Bertz CT molecular complexity index is 1380. The van der Waals surface area contributed by atoms with Crippen molar-refractivity contribution in [3.05, 3.63) is 64.2 Å². The van der Waals surface area contributed by atoms with Crippen LogP contribution in [0.1, 0.15) is 69.2 Å². The highest BCUT2D eigenvalue weighted by Crippen LogP contribution is 2.53. The standard InChI is InChI=1S/C29H31BrN4O3/c1-2-37-28(36)22(32-24-23(30)25(35)29(24)14-4-3-5-15-29)17-18-8-12-20(13-9-18)34-26(19-10-11-19)33-21-7-6-16-31-27(21)34/h6-9,12-13,16,19,22,32H,2-5,10-11,14-15,17H2,1H3/t22-/m0/s1. The molecule has 2 saturated carbocycles. The van der Waals surface area contributed by atoms with Crippen molar-refractivity contribution in [2.75, 3.05) is 6.61 Å². The van der Waals surface area contributed by atoms with Gasteiger partial charge in [-0.1, -0.05) is 31.4 Å². The van der Waals surface area contributed by atoms with Gasteiger partial charge in [-0.15, -0.1) is 0 Å². The first kappa shape index (κ1) is 24.3. The molecule has 1 atom stereocenters. The molecule has 192 valence electrons. The zero-order chi connectivity index (χ0) is 25.6. The summed E-state index contributed by atoms with van der Waals surface area (Å²) in [6.07, 6.45) is 9.47. The van der Waals surface area contributed by atoms with Crippen LogP contribution >= 0.6 is 15.9 Å². The first-order valence-electron chi connectivity index (χ1n) is 13.3. The summed E-state index contributed by atoms with van der Waals surface area (Å²) >= 11 is 3.48. The molecule has 6 rings (SSSR count). The molecule has 0 saturated heterocycles. The number of ketones is 1. The summed E-state index contributed by atoms with van der Waals surface area (Å²) in [5, 5.41) is 3.44. The molecule has 3 aliphatic carbocycles. The number of nitrogens with one attached hydrogen (secondary N) is 1. The van der Waals surface area contributed by atoms with Gasteiger partial charge in [0.2, 0.25) is 0 Å². The van der Waals surface area contributed by atoms with Gasteiger partial charge in [0.05, 0.1) is 16.5 Å². The monoisotopic (exact) mass is 562 g/mol. The molecule has 0 aliphatic heterocycles. The van der Waals surface area contributed by atoms with Crippen molar-refractivity contribution in [3.63, 3.8) is 0 Å². The summed E-state index contributed by atoms with van der Waals surface area (Å²) in [6.45, 7) is 2.13. The molecule has 1 aromatic carbocycles. The average Bonchev–Trinajstić information content (AvgIpc) is 3.71. The number of benzene rings is 1. The zero-order valence-electron chi connectivity index (χ0n) is 21.0. The highest BCUT2D eigenvalue weighted by molar-refractivity contribution is 9.12. The summed E-state index contributed by atoms with van der Waals surface area (Å²) in [5.74, 6) is 1.41. The van der Waals surface area contributed by atoms with Gasteiger partial charge in [0.25, 0.3) is 0 Å². The fourth-order valence-corrected chi connectivity index (χ4v) is 6.72. The first-order chi connectivity index (χ1) is 18.0. The molecule has 2 fully saturated rings. The summed E-state index contributed by atoms with van der Waals surface area (Å²) in [5.41, 5.74) is 4.21. The molecule has 2 aromatic heterocycles. The SMILES string of the molecule is CCOC(=O)[C@H](Cc1ccc(-n2c(C3CC3)nc3cccnc32)cc1)NC1=C(Br)C(=O)C12CCCCC2. The van der Waals surface area contributed by atoms with Crippen molar-refractivity contribution in [1.29, 1.82) is 0 Å². The Morgan fingerprint density at radius 2 is 1.95 bits per heavy atom. The zero-order valence-corrected chi connectivity index (χ0v) is 22.6. The van der Waals surface area contributed by atoms with Crippen LogP contribution in [0.25, 0.3) is 16.9 Å². The number of hydrogen-bond acceptors (Lipinski definition) is 6. The quantitative estimate of drug-likeness (QED) is 0.365. The third kappa shape index (κ3) is 4.29. The van der Waals surface area contributed by atoms with Gasteiger partial charge >= 0.3 is 5.97 Å². The smallest absolute Gasteiger partial charge is 0.328 e. The van der Waals surface area contributed by atoms with Gasteiger partial charge in [-0.05, 0) is 78.4 Å². The lowest BCUT2D eigenvalue weighted by Gasteiger charge is -2.46. The number of hydrogen-bond donors (Lipinski definition) is 1. The molecule has 0 radical (unpaired) electrons. The number of fused-ring (bicyclic) bond motifs is 1. The predicted octanol–water partition coefficient (Wildman–Crippen LogP) is 5.50. The van der Waals surface area contributed by atoms with Gasteiger partial charge in [0, 0.05) is 29.9 Å². The van der Waals surface area contributed by atoms with Gasteiger partial charge in [0.1, 0.15) is 17.4 Å². The Labute approximate surface area is 224 Å². The van der Waals surface area contributed by atoms with E-state index in [1.54, 1.807) is 6.20 Å². The number of aromatic nitrogens is 3. The van der Waals surface area contributed by atoms with Gasteiger partial charge in [-0.3, -0.25) is 9.36 Å². The van der Waals surface area contributed by atoms with E-state index in [1.165, 1.54) is 0 Å². The molecule has 0 bridgehead atoms. The number of allylic oxidation sites excluding steroid dienone is 2. The molecule has 2 heterocycles. The van der Waals surface area contributed by atoms with E-state index < -0.39 is 11.5 Å². The summed E-state index contributed by atoms with van der Waals surface area (Å²) in [7, 11) is 0. The van der Waals surface area contributed by atoms with E-state index in [1.807, 2.05) is 19.1 Å². The van der Waals surface area contributed by atoms with Crippen LogP contribution < -0.4 is 5.32 Å². The summed E-state index contributed by atoms with van der Waals surface area (Å²) < 4.78 is 8.15. The second kappa shape index (κ2) is 9.71. The average molecular weight is 563 g/mol. The number of imidazole rings is 1. The molecule has 0 amide bonds. The number of ether oxygens (including phenoxy) is 1. The third-order valence-corrected chi connectivity index (χ3v) is 8.70. The molecule has 37 heavy (non-hydrogen) atoms. The van der Waals surface area contributed by atoms with Crippen LogP contribution in [0.4, 0.5) is 0 Å². The number of rotatable bonds is 8. The molecule has 3 aromatic rings. The van der Waals surface area contributed by atoms with Gasteiger partial charge in [-0.25, -0.2) is 14.8 Å². The molecular formula is C29H31BrN4O3. The second-order valence-electron chi connectivity index (χ2n) is 10.4. The molecule has 3 aliphatic rings. The number of nitrogens with zero attached hydrogens (tertiary/aromatic N) is 3. The lowest BCUT2D eigenvalue weighted by atomic mass is 9.62. The number of carbonyl (C=O) groups is 2. The van der Waals surface area contributed by atoms with Crippen LogP contribution in [0.2, 0.25) is 0 Å². The molecule has 0 unspecified atom stereocenters. The Balaban J connectivity index is 1.26. The predicted molar refractivity (Wildman–Crippen MR) is 145 cm³/mol. The highest BCUT2D eigenvalue weighted by atomic mass is 79.9. The van der Waals surface area contributed by atoms with Crippen molar-refractivity contribution in [2.24, 2.45) is 5.41 Å². The number of halogens is 1. The maximum Gasteiger partial charge on any atom is 0.328 e. The number of carbonyl (C=O) groups excluding carboxylic acids is 2. The van der Waals surface area contributed by atoms with Crippen molar-refractivity contribution in [2.45, 2.75) is 70.3 Å². The van der Waals surface area contributed by atoms with E-state index in [9.17, 15) is 9.59 Å². The van der Waals surface area contributed by atoms with Crippen molar-refractivity contribution >= 4 is 38.8 Å². The van der Waals surface area contributed by atoms with E-state index in [2.05, 4.69) is 55.1 Å². The van der Waals surface area contributed by atoms with Crippen LogP contribution in [0.15, 0.2) is 52.8 Å². The fraction of sp³-hybridized carbons (Fsp3) is 0.448. The minimum Gasteiger partial charge on any atom is -0.464 e. The lowest BCUT2D eigenvalue weighted by Crippen LogP contribution is -2.53. The number of esters is 1. The molecular weight excluding hydrogens is 532 g/mol. The maximum absolute atomic E-state index is 13.0. The van der Waals surface area contributed by atoms with E-state index in [0.29, 0.717) is 23.4 Å². The van der Waals surface area contributed by atoms with E-state index in [4.69, 9.17) is 9.72 Å². The van der Waals surface area contributed by atoms with Gasteiger partial charge in [0.15, 0.2) is 11.4 Å². The van der Waals surface area contributed by atoms with E-state index in [0.717, 1.165) is 78.9 Å². The Kier molecular flexibility index (Phi) is 6.39. The summed E-state index contributed by atoms with van der Waals surface area (Å²) in [4.78, 5) is 35.3. The molecule has 7 nitrogen and oxygen atoms in total. The lowest BCUT2D eigenvalue weighted by molar-refractivity contribution is -0.146. The second-order valence-corrected chi connectivity index (χ2v) is 11.2. The molecule has 1 N–H and O–H groups in total. The topological polar surface area (TPSA) is 86.1 Å². The molecule has 1 spiro atoms. The van der Waals surface area contributed by atoms with Crippen molar-refractivity contribution < 1.29 is 14.3 Å². The minimum absolute atomic E-state index is 0.161. The van der Waals surface area contributed by atoms with E-state index >= 15 is 0 Å². The van der Waals surface area contributed by atoms with Crippen LogP contribution in [-0.2, 0) is 20.7 Å². The van der Waals surface area contributed by atoms with Crippen LogP contribution in [0.5, 0.6) is 0 Å². The Morgan fingerprint density at radius 1 is 1.19 bits per heavy atom. The minimum atomic E-state index is -0.571. The van der Waals surface area contributed by atoms with Gasteiger partial charge in [-0.2, -0.15) is 0 Å². The Hall–Kier alpha value is -3.00. The largest absolute Gasteiger partial charge is 0.464 e. The molecule has 8 heteroatoms. The van der Waals surface area contributed by atoms with E-state index in [-0.39, 0.29) is 11.8 Å². The van der Waals surface area contributed by atoms with Crippen LogP contribution in [-0.4, -0.2) is 38.9 Å². The highest BCUT2D eigenvalue weighted by Gasteiger charge is 2.53. The van der Waals surface area contributed by atoms with Crippen LogP contribution in [0.3, 0.4) is 0 Å². The maximum atomic E-state index is 13.0.